The summed E-state index contributed by atoms with van der Waals surface area (Å²) in [6.45, 7) is 0.696. The van der Waals surface area contributed by atoms with Crippen molar-refractivity contribution in [3.8, 4) is 22.6 Å². The number of carbonyl (C=O) groups is 3. The van der Waals surface area contributed by atoms with Gasteiger partial charge in [0.15, 0.2) is 11.6 Å². The number of allylic oxidation sites excluding steroid dienone is 1. The van der Waals surface area contributed by atoms with E-state index in [1.54, 1.807) is 32.2 Å². The van der Waals surface area contributed by atoms with Crippen LogP contribution in [0.15, 0.2) is 47.2 Å². The van der Waals surface area contributed by atoms with Crippen LogP contribution in [-0.2, 0) is 27.3 Å². The maximum Gasteiger partial charge on any atom is 0.255 e. The predicted octanol–water partition coefficient (Wildman–Crippen LogP) is 3.95. The number of nitrogens with zero attached hydrogens (tertiary/aromatic N) is 1. The fraction of sp³-hybridized carbons (Fsp3) is 0.457. The van der Waals surface area contributed by atoms with Gasteiger partial charge in [-0.1, -0.05) is 31.4 Å². The zero-order valence-corrected chi connectivity index (χ0v) is 25.9. The number of hydrogen-bond acceptors (Lipinski definition) is 9. The lowest BCUT2D eigenvalue weighted by Crippen LogP contribution is -2.55. The van der Waals surface area contributed by atoms with Gasteiger partial charge in [-0.25, -0.2) is 0 Å². The highest BCUT2D eigenvalue weighted by atomic mass is 16.5. The molecule has 0 aliphatic heterocycles. The van der Waals surface area contributed by atoms with Gasteiger partial charge < -0.3 is 31.1 Å². The number of aromatic hydroxyl groups is 1. The normalized spacial score (nSPS) is 25.2. The highest BCUT2D eigenvalue weighted by Gasteiger charge is 2.55. The number of Topliss-reactive ketones (excluding diaryl/α,β-unsaturated/α-hetero) is 2. The molecule has 10 heteroatoms. The number of fused-ring (bicyclic) bond motifs is 3. The smallest absolute Gasteiger partial charge is 0.255 e. The molecule has 238 valence electrons. The van der Waals surface area contributed by atoms with Gasteiger partial charge in [-0.3, -0.25) is 19.3 Å². The highest BCUT2D eigenvalue weighted by molar-refractivity contribution is 6.28. The monoisotopic (exact) mass is 615 g/mol. The van der Waals surface area contributed by atoms with Crippen molar-refractivity contribution in [2.75, 3.05) is 21.2 Å². The van der Waals surface area contributed by atoms with E-state index in [2.05, 4.69) is 11.4 Å². The van der Waals surface area contributed by atoms with Crippen molar-refractivity contribution in [1.29, 1.82) is 0 Å². The maximum absolute atomic E-state index is 14.1. The van der Waals surface area contributed by atoms with Crippen LogP contribution in [0.4, 0.5) is 0 Å². The summed E-state index contributed by atoms with van der Waals surface area (Å²) in [6, 6.07) is 9.01. The Morgan fingerprint density at radius 1 is 1.02 bits per heavy atom. The molecule has 0 heterocycles. The maximum atomic E-state index is 14.1. The first-order valence-electron chi connectivity index (χ1n) is 15.7. The van der Waals surface area contributed by atoms with Gasteiger partial charge in [-0.05, 0) is 86.5 Å². The number of ketones is 2. The third-order valence-corrected chi connectivity index (χ3v) is 10.2. The Hall–Kier alpha value is -4.15. The van der Waals surface area contributed by atoms with Gasteiger partial charge in [0.1, 0.15) is 28.6 Å². The Morgan fingerprint density at radius 2 is 1.76 bits per heavy atom. The second-order valence-corrected chi connectivity index (χ2v) is 13.0. The van der Waals surface area contributed by atoms with Crippen molar-refractivity contribution in [3.63, 3.8) is 0 Å². The number of rotatable bonds is 7. The Labute approximate surface area is 262 Å². The van der Waals surface area contributed by atoms with E-state index < -0.39 is 52.6 Å². The number of phenolic OH excluding ortho intramolecular Hbond substituents is 1. The van der Waals surface area contributed by atoms with Gasteiger partial charge in [0.2, 0.25) is 0 Å². The molecule has 45 heavy (non-hydrogen) atoms. The molecule has 4 aliphatic carbocycles. The molecule has 4 atom stereocenters. The molecular formula is C35H41N3O7. The number of nitrogens with two attached hydrogens (primary N) is 1. The van der Waals surface area contributed by atoms with Crippen LogP contribution < -0.4 is 15.8 Å². The first-order valence-corrected chi connectivity index (χ1v) is 15.7. The van der Waals surface area contributed by atoms with Gasteiger partial charge in [0.25, 0.3) is 5.91 Å². The summed E-state index contributed by atoms with van der Waals surface area (Å²) < 4.78 is 5.76. The summed E-state index contributed by atoms with van der Waals surface area (Å²) in [6.07, 6.45) is 6.69. The lowest BCUT2D eigenvalue weighted by atomic mass is 9.59. The molecule has 4 aliphatic rings. The number of carbonyl (C=O) groups excluding carboxylic acids is 3. The number of aliphatic hydroxyl groups excluding tert-OH is 2. The average Bonchev–Trinajstić information content (AvgIpc) is 3.00. The summed E-state index contributed by atoms with van der Waals surface area (Å²) in [5, 5.41) is 37.3. The van der Waals surface area contributed by atoms with E-state index in [-0.39, 0.29) is 29.1 Å². The molecule has 2 aromatic rings. The highest BCUT2D eigenvalue weighted by Crippen LogP contribution is 2.52. The third kappa shape index (κ3) is 5.19. The zero-order valence-electron chi connectivity index (χ0n) is 25.9. The van der Waals surface area contributed by atoms with Gasteiger partial charge in [0.05, 0.1) is 24.6 Å². The number of amides is 1. The molecule has 1 amide bonds. The quantitative estimate of drug-likeness (QED) is 0.229. The lowest BCUT2D eigenvalue weighted by Gasteiger charge is -2.46. The number of methoxy groups -OCH3 is 1. The fourth-order valence-corrected chi connectivity index (χ4v) is 8.16. The topological polar surface area (TPSA) is 162 Å². The number of primary amides is 1. The van der Waals surface area contributed by atoms with Crippen molar-refractivity contribution >= 4 is 23.2 Å². The lowest BCUT2D eigenvalue weighted by molar-refractivity contribution is -0.136. The van der Waals surface area contributed by atoms with Crippen molar-refractivity contribution in [2.24, 2.45) is 23.5 Å². The second kappa shape index (κ2) is 12.0. The molecule has 2 saturated carbocycles. The molecule has 6 N–H and O–H groups in total. The number of hydrogen-bond donors (Lipinski definition) is 5. The van der Waals surface area contributed by atoms with E-state index >= 15 is 0 Å². The van der Waals surface area contributed by atoms with Crippen LogP contribution in [0.5, 0.6) is 11.5 Å². The summed E-state index contributed by atoms with van der Waals surface area (Å²) in [5.74, 6) is -5.31. The van der Waals surface area contributed by atoms with Crippen molar-refractivity contribution in [3.05, 3.63) is 63.9 Å². The molecule has 0 spiro atoms. The van der Waals surface area contributed by atoms with Crippen LogP contribution in [0.2, 0.25) is 0 Å². The molecule has 0 aromatic heterocycles. The van der Waals surface area contributed by atoms with Crippen LogP contribution in [0, 0.1) is 17.8 Å². The molecule has 2 aromatic carbocycles. The zero-order chi connectivity index (χ0) is 32.2. The molecule has 0 bridgehead atoms. The number of phenols is 1. The SMILES string of the molecule is COc1ccc(CNC2CCCCC2)cc1-c1ccc(O)c2c1CC1CC3C(C(=O)C(C(N)=O)=C(O)[C@H]3N(C)C)C(=O)C1=C2O. The molecule has 6 rings (SSSR count). The van der Waals surface area contributed by atoms with Crippen LogP contribution in [-0.4, -0.2) is 71.0 Å². The van der Waals surface area contributed by atoms with Crippen molar-refractivity contribution < 1.29 is 34.4 Å². The van der Waals surface area contributed by atoms with E-state index in [9.17, 15) is 29.7 Å². The number of ether oxygens (including phenoxy) is 1. The van der Waals surface area contributed by atoms with Gasteiger partial charge in [-0.2, -0.15) is 0 Å². The van der Waals surface area contributed by atoms with Crippen molar-refractivity contribution in [1.82, 2.24) is 10.2 Å². The minimum absolute atomic E-state index is 0.0599. The van der Waals surface area contributed by atoms with E-state index in [1.165, 1.54) is 38.2 Å². The van der Waals surface area contributed by atoms with Crippen LogP contribution >= 0.6 is 0 Å². The van der Waals surface area contributed by atoms with E-state index in [4.69, 9.17) is 10.5 Å². The minimum atomic E-state index is -1.29. The molecule has 0 saturated heterocycles. The van der Waals surface area contributed by atoms with Gasteiger partial charge in [0, 0.05) is 23.7 Å². The third-order valence-electron chi connectivity index (χ3n) is 10.2. The standard InChI is InChI=1S/C35H41N3O7/c1-38(2)30-23-15-18-14-22-20(21-13-17(9-12-25(21)45-3)16-37-19-7-5-4-6-8-19)10-11-24(39)27(22)31(40)26(18)32(41)28(23)33(42)29(34(30)43)35(36)44/h9-13,18-19,23,28,30,37,39-40,43H,4-8,14-16H2,1-3H3,(H2,36,44)/t18?,23?,28?,30-/m0/s1. The fourth-order valence-electron chi connectivity index (χ4n) is 8.16. The van der Waals surface area contributed by atoms with E-state index in [0.717, 1.165) is 16.7 Å². The summed E-state index contributed by atoms with van der Waals surface area (Å²) >= 11 is 0. The molecule has 10 nitrogen and oxygen atoms in total. The predicted molar refractivity (Wildman–Crippen MR) is 168 cm³/mol. The van der Waals surface area contributed by atoms with Crippen LogP contribution in [0.3, 0.4) is 0 Å². The average molecular weight is 616 g/mol. The molecule has 3 unspecified atom stereocenters. The number of likely N-dealkylation sites (N-methyl/N-ethyl adjacent to an activating group) is 1. The second-order valence-electron chi connectivity index (χ2n) is 13.0. The summed E-state index contributed by atoms with van der Waals surface area (Å²) in [5.41, 5.74) is 8.42. The number of nitrogens with one attached hydrogen (secondary N) is 1. The van der Waals surface area contributed by atoms with E-state index in [1.807, 2.05) is 12.1 Å². The van der Waals surface area contributed by atoms with Crippen molar-refractivity contribution in [2.45, 2.75) is 63.6 Å². The van der Waals surface area contributed by atoms with Gasteiger partial charge >= 0.3 is 0 Å². The first kappa shape index (κ1) is 30.9. The number of aliphatic hydroxyl groups is 2. The summed E-state index contributed by atoms with van der Waals surface area (Å²) in [4.78, 5) is 41.4. The number of benzene rings is 2. The first-order chi connectivity index (χ1) is 21.5. The van der Waals surface area contributed by atoms with Crippen LogP contribution in [0.25, 0.3) is 16.9 Å². The van der Waals surface area contributed by atoms with E-state index in [0.29, 0.717) is 30.3 Å². The largest absolute Gasteiger partial charge is 0.510 e. The summed E-state index contributed by atoms with van der Waals surface area (Å²) in [7, 11) is 5.01. The molecular weight excluding hydrogens is 574 g/mol. The van der Waals surface area contributed by atoms with Crippen LogP contribution in [0.1, 0.15) is 55.2 Å². The Kier molecular flexibility index (Phi) is 8.22. The Balaban J connectivity index is 1.42. The minimum Gasteiger partial charge on any atom is -0.510 e. The molecule has 0 radical (unpaired) electrons. The van der Waals surface area contributed by atoms with Gasteiger partial charge in [-0.15, -0.1) is 0 Å². The Bertz CT molecular complexity index is 1640. The Morgan fingerprint density at radius 3 is 2.42 bits per heavy atom. The molecule has 2 fully saturated rings.